The van der Waals surface area contributed by atoms with Gasteiger partial charge >= 0.3 is 0 Å². The van der Waals surface area contributed by atoms with Gasteiger partial charge in [0.25, 0.3) is 5.91 Å². The zero-order valence-electron chi connectivity index (χ0n) is 16.5. The van der Waals surface area contributed by atoms with Crippen LogP contribution < -0.4 is 4.74 Å². The van der Waals surface area contributed by atoms with Gasteiger partial charge in [0.1, 0.15) is 5.75 Å². The minimum absolute atomic E-state index is 0.0345. The lowest BCUT2D eigenvalue weighted by atomic mass is 10.1. The molecule has 0 spiro atoms. The molecule has 0 fully saturated rings. The molecule has 3 heterocycles. The SMILES string of the molecule is CC(C)N1CCCCCc2ccn3ncc(c3n2)-c2cccc(c2)OCC1=O. The van der Waals surface area contributed by atoms with Gasteiger partial charge in [-0.3, -0.25) is 4.79 Å². The van der Waals surface area contributed by atoms with Crippen LogP contribution in [0.1, 0.15) is 38.8 Å². The molecule has 6 heteroatoms. The highest BCUT2D eigenvalue weighted by molar-refractivity contribution is 5.79. The lowest BCUT2D eigenvalue weighted by Gasteiger charge is -2.27. The van der Waals surface area contributed by atoms with Gasteiger partial charge in [0.2, 0.25) is 0 Å². The topological polar surface area (TPSA) is 59.7 Å². The number of carbonyl (C=O) groups excluding carboxylic acids is 1. The van der Waals surface area contributed by atoms with Gasteiger partial charge in [-0.2, -0.15) is 5.10 Å². The fourth-order valence-electron chi connectivity index (χ4n) is 3.67. The summed E-state index contributed by atoms with van der Waals surface area (Å²) in [6, 6.07) is 9.99. The van der Waals surface area contributed by atoms with E-state index in [1.54, 1.807) is 4.52 Å². The fraction of sp³-hybridized carbons (Fsp3) is 0.409. The third-order valence-electron chi connectivity index (χ3n) is 5.21. The molecule has 4 rings (SSSR count). The molecule has 3 aromatic rings. The molecule has 0 N–H and O–H groups in total. The molecule has 146 valence electrons. The minimum atomic E-state index is 0.0345. The first kappa shape index (κ1) is 18.5. The number of amides is 1. The van der Waals surface area contributed by atoms with Crippen molar-refractivity contribution >= 4 is 11.6 Å². The number of aryl methyl sites for hydroxylation is 1. The summed E-state index contributed by atoms with van der Waals surface area (Å²) in [6.07, 6.45) is 7.84. The van der Waals surface area contributed by atoms with Gasteiger partial charge in [-0.1, -0.05) is 18.6 Å². The highest BCUT2D eigenvalue weighted by Crippen LogP contribution is 2.27. The van der Waals surface area contributed by atoms with Crippen LogP contribution in [-0.4, -0.2) is 44.6 Å². The lowest BCUT2D eigenvalue weighted by Crippen LogP contribution is -2.40. The van der Waals surface area contributed by atoms with Crippen molar-refractivity contribution < 1.29 is 9.53 Å². The van der Waals surface area contributed by atoms with Gasteiger partial charge in [0.05, 0.1) is 6.20 Å². The van der Waals surface area contributed by atoms with Crippen LogP contribution in [0.5, 0.6) is 5.75 Å². The standard InChI is InChI=1S/C22H26N4O2/c1-16(2)25-11-5-3-4-8-18-10-12-26-22(24-18)20(14-23-26)17-7-6-9-19(13-17)28-15-21(25)27/h6-7,9-10,12-14,16H,3-5,8,11,15H2,1-2H3. The molecule has 2 aromatic heterocycles. The summed E-state index contributed by atoms with van der Waals surface area (Å²) in [4.78, 5) is 19.4. The second-order valence-corrected chi connectivity index (χ2v) is 7.55. The molecule has 6 nitrogen and oxygen atoms in total. The number of hydrogen-bond donors (Lipinski definition) is 0. The van der Waals surface area contributed by atoms with Crippen LogP contribution in [0, 0.1) is 0 Å². The Balaban J connectivity index is 1.70. The Morgan fingerprint density at radius 1 is 1.14 bits per heavy atom. The summed E-state index contributed by atoms with van der Waals surface area (Å²) in [5, 5.41) is 4.43. The Morgan fingerprint density at radius 3 is 2.89 bits per heavy atom. The molecule has 4 bridgehead atoms. The van der Waals surface area contributed by atoms with Crippen LogP contribution in [0.4, 0.5) is 0 Å². The number of ether oxygens (including phenoxy) is 1. The Morgan fingerprint density at radius 2 is 2.04 bits per heavy atom. The summed E-state index contributed by atoms with van der Waals surface area (Å²) in [5.74, 6) is 0.712. The first-order valence-electron chi connectivity index (χ1n) is 9.98. The van der Waals surface area contributed by atoms with Gasteiger partial charge in [-0.25, -0.2) is 9.50 Å². The van der Waals surface area contributed by atoms with Crippen molar-refractivity contribution in [3.8, 4) is 16.9 Å². The number of carbonyl (C=O) groups is 1. The molecule has 1 aliphatic rings. The molecular formula is C22H26N4O2. The Labute approximate surface area is 165 Å². The van der Waals surface area contributed by atoms with Crippen molar-refractivity contribution in [2.45, 2.75) is 45.6 Å². The largest absolute Gasteiger partial charge is 0.484 e. The van der Waals surface area contributed by atoms with Gasteiger partial charge in [0, 0.05) is 30.0 Å². The van der Waals surface area contributed by atoms with E-state index in [1.807, 2.05) is 47.6 Å². The number of rotatable bonds is 1. The van der Waals surface area contributed by atoms with Crippen LogP contribution in [0.2, 0.25) is 0 Å². The van der Waals surface area contributed by atoms with E-state index in [9.17, 15) is 4.79 Å². The molecule has 28 heavy (non-hydrogen) atoms. The molecular weight excluding hydrogens is 352 g/mol. The summed E-state index contributed by atoms with van der Waals surface area (Å²) in [7, 11) is 0. The average Bonchev–Trinajstić information content (AvgIpc) is 3.11. The predicted molar refractivity (Wildman–Crippen MR) is 108 cm³/mol. The smallest absolute Gasteiger partial charge is 0.260 e. The van der Waals surface area contributed by atoms with E-state index >= 15 is 0 Å². The summed E-state index contributed by atoms with van der Waals surface area (Å²) in [5.41, 5.74) is 3.88. The average molecular weight is 378 g/mol. The normalized spacial score (nSPS) is 16.0. The number of aromatic nitrogens is 3. The molecule has 0 aliphatic carbocycles. The molecule has 0 atom stereocenters. The zero-order valence-corrected chi connectivity index (χ0v) is 16.5. The van der Waals surface area contributed by atoms with Crippen molar-refractivity contribution in [3.05, 3.63) is 48.4 Å². The monoisotopic (exact) mass is 378 g/mol. The van der Waals surface area contributed by atoms with Crippen molar-refractivity contribution in [2.24, 2.45) is 0 Å². The van der Waals surface area contributed by atoms with E-state index < -0.39 is 0 Å². The number of fused-ring (bicyclic) bond motifs is 4. The molecule has 0 unspecified atom stereocenters. The first-order valence-corrected chi connectivity index (χ1v) is 9.98. The van der Waals surface area contributed by atoms with E-state index in [0.717, 1.165) is 54.7 Å². The Hall–Kier alpha value is -2.89. The number of hydrogen-bond acceptors (Lipinski definition) is 4. The number of nitrogens with zero attached hydrogens (tertiary/aromatic N) is 4. The van der Waals surface area contributed by atoms with Gasteiger partial charge in [0.15, 0.2) is 12.3 Å². The molecule has 0 radical (unpaired) electrons. The summed E-state index contributed by atoms with van der Waals surface area (Å²) in [6.45, 7) is 4.92. The van der Waals surface area contributed by atoms with Crippen LogP contribution >= 0.6 is 0 Å². The minimum Gasteiger partial charge on any atom is -0.484 e. The van der Waals surface area contributed by atoms with Crippen LogP contribution in [-0.2, 0) is 11.2 Å². The Bertz CT molecular complexity index is 980. The maximum Gasteiger partial charge on any atom is 0.260 e. The quantitative estimate of drug-likeness (QED) is 0.647. The first-order chi connectivity index (χ1) is 13.6. The lowest BCUT2D eigenvalue weighted by molar-refractivity contribution is -0.135. The van der Waals surface area contributed by atoms with Crippen molar-refractivity contribution in [1.29, 1.82) is 0 Å². The van der Waals surface area contributed by atoms with Crippen LogP contribution in [0.3, 0.4) is 0 Å². The van der Waals surface area contributed by atoms with Crippen molar-refractivity contribution in [1.82, 2.24) is 19.5 Å². The van der Waals surface area contributed by atoms with Crippen LogP contribution in [0.15, 0.2) is 42.7 Å². The summed E-state index contributed by atoms with van der Waals surface area (Å²) >= 11 is 0. The fourth-order valence-corrected chi connectivity index (χ4v) is 3.67. The van der Waals surface area contributed by atoms with E-state index in [4.69, 9.17) is 9.72 Å². The van der Waals surface area contributed by atoms with Gasteiger partial charge in [-0.05, 0) is 56.9 Å². The van der Waals surface area contributed by atoms with E-state index in [0.29, 0.717) is 5.75 Å². The van der Waals surface area contributed by atoms with Crippen molar-refractivity contribution in [2.75, 3.05) is 13.2 Å². The molecule has 1 aromatic carbocycles. The molecule has 0 saturated heterocycles. The molecule has 1 amide bonds. The highest BCUT2D eigenvalue weighted by atomic mass is 16.5. The Kier molecular flexibility index (Phi) is 5.28. The second-order valence-electron chi connectivity index (χ2n) is 7.55. The predicted octanol–water partition coefficient (Wildman–Crippen LogP) is 3.74. The highest BCUT2D eigenvalue weighted by Gasteiger charge is 2.18. The molecule has 1 aliphatic heterocycles. The van der Waals surface area contributed by atoms with Gasteiger partial charge < -0.3 is 9.64 Å². The summed E-state index contributed by atoms with van der Waals surface area (Å²) < 4.78 is 7.63. The van der Waals surface area contributed by atoms with E-state index in [1.165, 1.54) is 0 Å². The third kappa shape index (κ3) is 3.86. The van der Waals surface area contributed by atoms with E-state index in [2.05, 4.69) is 18.9 Å². The molecule has 0 saturated carbocycles. The van der Waals surface area contributed by atoms with Crippen LogP contribution in [0.25, 0.3) is 16.8 Å². The maximum atomic E-state index is 12.7. The van der Waals surface area contributed by atoms with E-state index in [-0.39, 0.29) is 18.6 Å². The maximum absolute atomic E-state index is 12.7. The number of benzene rings is 1. The van der Waals surface area contributed by atoms with Gasteiger partial charge in [-0.15, -0.1) is 0 Å². The second kappa shape index (κ2) is 8.00. The van der Waals surface area contributed by atoms with Crippen molar-refractivity contribution in [3.63, 3.8) is 0 Å². The third-order valence-corrected chi connectivity index (χ3v) is 5.21. The zero-order chi connectivity index (χ0) is 19.5.